The van der Waals surface area contributed by atoms with Crippen molar-refractivity contribution < 1.29 is 13.9 Å². The Morgan fingerprint density at radius 2 is 1.78 bits per heavy atom. The van der Waals surface area contributed by atoms with Crippen LogP contribution in [0.3, 0.4) is 0 Å². The minimum Gasteiger partial charge on any atom is -0.490 e. The van der Waals surface area contributed by atoms with Crippen LogP contribution in [-0.4, -0.2) is 22.6 Å². The zero-order chi connectivity index (χ0) is 19.0. The van der Waals surface area contributed by atoms with E-state index in [1.54, 1.807) is 34.7 Å². The highest BCUT2D eigenvalue weighted by Crippen LogP contribution is 2.33. The predicted octanol–water partition coefficient (Wildman–Crippen LogP) is 3.39. The lowest BCUT2D eigenvalue weighted by Gasteiger charge is -2.10. The molecule has 4 rings (SSSR count). The fourth-order valence-corrected chi connectivity index (χ4v) is 3.91. The van der Waals surface area contributed by atoms with E-state index in [-0.39, 0.29) is 11.4 Å². The van der Waals surface area contributed by atoms with Crippen molar-refractivity contribution in [3.63, 3.8) is 0 Å². The monoisotopic (exact) mass is 384 g/mol. The van der Waals surface area contributed by atoms with Crippen molar-refractivity contribution in [2.24, 2.45) is 0 Å². The lowest BCUT2D eigenvalue weighted by atomic mass is 10.2. The predicted molar refractivity (Wildman–Crippen MR) is 104 cm³/mol. The molecule has 2 aromatic heterocycles. The number of thiazole rings is 1. The molecular weight excluding hydrogens is 367 g/mol. The molecule has 0 fully saturated rings. The van der Waals surface area contributed by atoms with E-state index in [4.69, 9.17) is 9.47 Å². The summed E-state index contributed by atoms with van der Waals surface area (Å²) in [6.45, 7) is 4.80. The zero-order valence-electron chi connectivity index (χ0n) is 14.9. The van der Waals surface area contributed by atoms with Crippen molar-refractivity contribution >= 4 is 33.4 Å². The first-order valence-electron chi connectivity index (χ1n) is 8.62. The minimum absolute atomic E-state index is 0.159. The summed E-state index contributed by atoms with van der Waals surface area (Å²) in [5.41, 5.74) is 1.96. The second kappa shape index (κ2) is 7.00. The van der Waals surface area contributed by atoms with E-state index < -0.39 is 0 Å². The van der Waals surface area contributed by atoms with Gasteiger partial charge in [-0.2, -0.15) is 0 Å². The van der Waals surface area contributed by atoms with E-state index in [1.807, 2.05) is 13.8 Å². The molecule has 0 aliphatic heterocycles. The maximum absolute atomic E-state index is 13.1. The molecule has 0 aliphatic carbocycles. The van der Waals surface area contributed by atoms with Gasteiger partial charge in [-0.15, -0.1) is 0 Å². The summed E-state index contributed by atoms with van der Waals surface area (Å²) in [4.78, 5) is 18.1. The van der Waals surface area contributed by atoms with Crippen molar-refractivity contribution in [1.82, 2.24) is 9.38 Å². The smallest absolute Gasteiger partial charge is 0.274 e. The second-order valence-electron chi connectivity index (χ2n) is 5.85. The van der Waals surface area contributed by atoms with Crippen molar-refractivity contribution in [3.05, 3.63) is 62.7 Å². The zero-order valence-corrected chi connectivity index (χ0v) is 15.7. The van der Waals surface area contributed by atoms with Crippen LogP contribution in [0.2, 0.25) is 0 Å². The molecule has 0 aliphatic rings. The summed E-state index contributed by atoms with van der Waals surface area (Å²) in [6, 6.07) is 9.60. The normalized spacial score (nSPS) is 12.2. The van der Waals surface area contributed by atoms with Crippen LogP contribution in [0, 0.1) is 5.82 Å². The van der Waals surface area contributed by atoms with Crippen LogP contribution in [0.5, 0.6) is 11.5 Å². The Kier molecular flexibility index (Phi) is 4.53. The van der Waals surface area contributed by atoms with Gasteiger partial charge in [0.05, 0.1) is 28.8 Å². The van der Waals surface area contributed by atoms with Gasteiger partial charge in [0.1, 0.15) is 5.82 Å². The summed E-state index contributed by atoms with van der Waals surface area (Å²) in [5, 5.41) is 0. The summed E-state index contributed by atoms with van der Waals surface area (Å²) in [5.74, 6) is 0.890. The Hall–Kier alpha value is -2.93. The van der Waals surface area contributed by atoms with Crippen LogP contribution in [0.4, 0.5) is 4.39 Å². The van der Waals surface area contributed by atoms with Gasteiger partial charge in [-0.3, -0.25) is 4.79 Å². The fourth-order valence-electron chi connectivity index (χ4n) is 2.92. The van der Waals surface area contributed by atoms with Crippen LogP contribution >= 0.6 is 11.3 Å². The van der Waals surface area contributed by atoms with Crippen LogP contribution in [0.25, 0.3) is 22.1 Å². The Labute approximate surface area is 158 Å². The lowest BCUT2D eigenvalue weighted by molar-refractivity contribution is 0.288. The summed E-state index contributed by atoms with van der Waals surface area (Å²) < 4.78 is 26.5. The first-order chi connectivity index (χ1) is 13.1. The SMILES string of the molecule is CCOc1cc2nc3s/c(=C/c4ccc(F)cc4)c(=O)n3c2cc1OCC. The molecule has 4 aromatic rings. The van der Waals surface area contributed by atoms with E-state index in [0.29, 0.717) is 45.2 Å². The first-order valence-corrected chi connectivity index (χ1v) is 9.44. The molecule has 0 saturated carbocycles. The van der Waals surface area contributed by atoms with Gasteiger partial charge in [0.25, 0.3) is 5.56 Å². The molecule has 2 aromatic carbocycles. The van der Waals surface area contributed by atoms with Crippen LogP contribution in [0.1, 0.15) is 19.4 Å². The Balaban J connectivity index is 1.91. The van der Waals surface area contributed by atoms with Gasteiger partial charge in [0, 0.05) is 12.1 Å². The van der Waals surface area contributed by atoms with Crippen LogP contribution < -0.4 is 19.6 Å². The number of ether oxygens (including phenoxy) is 2. The highest BCUT2D eigenvalue weighted by Gasteiger charge is 2.15. The number of aromatic nitrogens is 2. The minimum atomic E-state index is -0.310. The lowest BCUT2D eigenvalue weighted by Crippen LogP contribution is -2.22. The molecule has 27 heavy (non-hydrogen) atoms. The van der Waals surface area contributed by atoms with E-state index in [2.05, 4.69) is 4.98 Å². The molecule has 7 heteroatoms. The molecule has 0 atom stereocenters. The molecule has 138 valence electrons. The van der Waals surface area contributed by atoms with E-state index in [0.717, 1.165) is 5.56 Å². The maximum Gasteiger partial charge on any atom is 0.274 e. The van der Waals surface area contributed by atoms with Gasteiger partial charge >= 0.3 is 0 Å². The number of fused-ring (bicyclic) bond motifs is 3. The number of benzene rings is 2. The molecule has 0 spiro atoms. The molecule has 0 N–H and O–H groups in total. The van der Waals surface area contributed by atoms with E-state index >= 15 is 0 Å². The molecule has 0 unspecified atom stereocenters. The van der Waals surface area contributed by atoms with Gasteiger partial charge in [-0.1, -0.05) is 23.5 Å². The number of hydrogen-bond donors (Lipinski definition) is 0. The van der Waals surface area contributed by atoms with Crippen molar-refractivity contribution in [1.29, 1.82) is 0 Å². The largest absolute Gasteiger partial charge is 0.490 e. The fraction of sp³-hybridized carbons (Fsp3) is 0.200. The topological polar surface area (TPSA) is 52.8 Å². The average molecular weight is 384 g/mol. The maximum atomic E-state index is 13.1. The Bertz CT molecular complexity index is 1230. The van der Waals surface area contributed by atoms with Gasteiger partial charge in [-0.25, -0.2) is 13.8 Å². The molecule has 0 amide bonds. The Morgan fingerprint density at radius 3 is 2.44 bits per heavy atom. The second-order valence-corrected chi connectivity index (χ2v) is 6.86. The third-order valence-electron chi connectivity index (χ3n) is 4.07. The molecule has 5 nitrogen and oxygen atoms in total. The Morgan fingerprint density at radius 1 is 1.11 bits per heavy atom. The number of halogens is 1. The average Bonchev–Trinajstić information content (AvgIpc) is 3.14. The van der Waals surface area contributed by atoms with Crippen LogP contribution in [-0.2, 0) is 0 Å². The summed E-state index contributed by atoms with van der Waals surface area (Å²) in [7, 11) is 0. The number of rotatable bonds is 5. The molecule has 0 bridgehead atoms. The quantitative estimate of drug-likeness (QED) is 0.529. The summed E-state index contributed by atoms with van der Waals surface area (Å²) >= 11 is 1.30. The summed E-state index contributed by atoms with van der Waals surface area (Å²) in [6.07, 6.45) is 1.74. The molecule has 2 heterocycles. The van der Waals surface area contributed by atoms with Crippen LogP contribution in [0.15, 0.2) is 41.2 Å². The van der Waals surface area contributed by atoms with Gasteiger partial charge in [0.2, 0.25) is 0 Å². The van der Waals surface area contributed by atoms with Gasteiger partial charge < -0.3 is 9.47 Å². The molecule has 0 saturated heterocycles. The number of imidazole rings is 1. The number of hydrogen-bond acceptors (Lipinski definition) is 5. The van der Waals surface area contributed by atoms with Gasteiger partial charge in [-0.05, 0) is 37.6 Å². The van der Waals surface area contributed by atoms with Crippen molar-refractivity contribution in [3.8, 4) is 11.5 Å². The molecular formula is C20H17FN2O3S. The van der Waals surface area contributed by atoms with E-state index in [9.17, 15) is 9.18 Å². The third-order valence-corrected chi connectivity index (χ3v) is 5.04. The van der Waals surface area contributed by atoms with Crippen molar-refractivity contribution in [2.45, 2.75) is 13.8 Å². The number of nitrogens with zero attached hydrogens (tertiary/aromatic N) is 2. The standard InChI is InChI=1S/C20H17FN2O3S/c1-3-25-16-10-14-15(11-17(16)26-4-2)23-19(24)18(27-20(23)22-14)9-12-5-7-13(21)8-6-12/h5-11H,3-4H2,1-2H3/b18-9+. The highest BCUT2D eigenvalue weighted by atomic mass is 32.1. The highest BCUT2D eigenvalue weighted by molar-refractivity contribution is 7.15. The first kappa shape index (κ1) is 17.5. The van der Waals surface area contributed by atoms with E-state index in [1.165, 1.54) is 23.5 Å². The van der Waals surface area contributed by atoms with Gasteiger partial charge in [0.15, 0.2) is 16.5 Å². The third kappa shape index (κ3) is 3.14. The van der Waals surface area contributed by atoms with Crippen molar-refractivity contribution in [2.75, 3.05) is 13.2 Å². The molecule has 0 radical (unpaired) electrons.